The van der Waals surface area contributed by atoms with E-state index in [1.807, 2.05) is 20.8 Å². The van der Waals surface area contributed by atoms with Crippen LogP contribution in [-0.4, -0.2) is 103 Å². The van der Waals surface area contributed by atoms with Gasteiger partial charge in [-0.2, -0.15) is 8.42 Å². The van der Waals surface area contributed by atoms with Crippen LogP contribution in [-0.2, 0) is 51.4 Å². The van der Waals surface area contributed by atoms with Gasteiger partial charge in [0.2, 0.25) is 0 Å². The Bertz CT molecular complexity index is 1530. The molecule has 50 heavy (non-hydrogen) atoms. The van der Waals surface area contributed by atoms with E-state index >= 15 is 0 Å². The van der Waals surface area contributed by atoms with Crippen LogP contribution < -0.4 is 29.6 Å². The summed E-state index contributed by atoms with van der Waals surface area (Å²) in [5.74, 6) is 0. The van der Waals surface area contributed by atoms with Gasteiger partial charge in [0.05, 0.1) is 67.5 Å². The van der Waals surface area contributed by atoms with Crippen LogP contribution in [0.15, 0.2) is 87.5 Å². The van der Waals surface area contributed by atoms with Crippen LogP contribution in [0.4, 0.5) is 0 Å². The number of benzene rings is 3. The molecular formula is C31H45Cl2NaO13S3. The van der Waals surface area contributed by atoms with Gasteiger partial charge in [0, 0.05) is 35.6 Å². The molecule has 3 aromatic rings. The van der Waals surface area contributed by atoms with Crippen molar-refractivity contribution in [1.82, 2.24) is 0 Å². The molecule has 2 N–H and O–H groups in total. The van der Waals surface area contributed by atoms with Gasteiger partial charge < -0.3 is 29.5 Å². The molecule has 0 radical (unpaired) electrons. The molecule has 3 rings (SSSR count). The molecule has 0 saturated carbocycles. The van der Waals surface area contributed by atoms with Gasteiger partial charge in [-0.1, -0.05) is 53.1 Å². The summed E-state index contributed by atoms with van der Waals surface area (Å²) in [6, 6.07) is 19.3. The van der Waals surface area contributed by atoms with Gasteiger partial charge in [0.1, 0.15) is 0 Å². The van der Waals surface area contributed by atoms with Crippen molar-refractivity contribution in [3.8, 4) is 0 Å². The molecule has 0 aliphatic carbocycles. The zero-order chi connectivity index (χ0) is 36.6. The van der Waals surface area contributed by atoms with Gasteiger partial charge >= 0.3 is 29.6 Å². The molecule has 0 bridgehead atoms. The van der Waals surface area contributed by atoms with Gasteiger partial charge in [-0.25, -0.2) is 16.8 Å². The van der Waals surface area contributed by atoms with E-state index in [-0.39, 0.29) is 69.5 Å². The molecule has 13 nitrogen and oxygen atoms in total. The van der Waals surface area contributed by atoms with Crippen molar-refractivity contribution in [2.75, 3.05) is 67.1 Å². The maximum absolute atomic E-state index is 11.7. The summed E-state index contributed by atoms with van der Waals surface area (Å²) < 4.78 is 90.6. The largest absolute Gasteiger partial charge is 1.00 e. The minimum absolute atomic E-state index is 0. The Balaban J connectivity index is -0.000000608. The number of ether oxygens (including phenoxy) is 4. The summed E-state index contributed by atoms with van der Waals surface area (Å²) in [5.41, 5.74) is 3.01. The second-order valence-electron chi connectivity index (χ2n) is 9.52. The van der Waals surface area contributed by atoms with Gasteiger partial charge in [-0.15, -0.1) is 0 Å². The molecule has 0 fully saturated rings. The summed E-state index contributed by atoms with van der Waals surface area (Å²) in [6.07, 6.45) is 0. The molecule has 0 spiro atoms. The molecule has 0 aliphatic rings. The third-order valence-corrected chi connectivity index (χ3v) is 9.55. The minimum atomic E-state index is -3.68. The SMILES string of the molecule is COCCOCCO.COCCOCCOS(=O)(=O)c1ccc(C)cc1.Cc1ccc(S(=O)(=O)Cl)cc1.Cc1ccc(S(=O)(=O)Cl)cc1.[Na+].[OH-]. The maximum atomic E-state index is 11.7. The number of aliphatic hydroxyl groups excluding tert-OH is 1. The van der Waals surface area contributed by atoms with Crippen LogP contribution in [0.2, 0.25) is 0 Å². The molecule has 0 heterocycles. The Morgan fingerprint density at radius 1 is 0.520 bits per heavy atom. The molecule has 0 aromatic heterocycles. The van der Waals surface area contributed by atoms with Crippen LogP contribution in [0.1, 0.15) is 16.7 Å². The summed E-state index contributed by atoms with van der Waals surface area (Å²) in [6.45, 7) is 8.42. The van der Waals surface area contributed by atoms with Crippen molar-refractivity contribution in [1.29, 1.82) is 0 Å². The molecule has 0 saturated heterocycles. The van der Waals surface area contributed by atoms with Crippen molar-refractivity contribution >= 4 is 49.6 Å². The molecule has 19 heteroatoms. The van der Waals surface area contributed by atoms with Gasteiger partial charge in [-0.3, -0.25) is 4.18 Å². The summed E-state index contributed by atoms with van der Waals surface area (Å²) in [7, 11) is 2.58. The van der Waals surface area contributed by atoms with Crippen molar-refractivity contribution in [3.63, 3.8) is 0 Å². The topological polar surface area (TPSA) is 199 Å². The first kappa shape index (κ1) is 53.2. The first-order valence-corrected chi connectivity index (χ1v) is 20.2. The number of hydrogen-bond donors (Lipinski definition) is 1. The summed E-state index contributed by atoms with van der Waals surface area (Å²) in [5, 5.41) is 8.20. The smallest absolute Gasteiger partial charge is 0.870 e. The summed E-state index contributed by atoms with van der Waals surface area (Å²) in [4.78, 5) is 0.444. The molecule has 0 atom stereocenters. The zero-order valence-corrected chi connectivity index (χ0v) is 34.9. The Kier molecular flexibility index (Phi) is 31.1. The fourth-order valence-corrected chi connectivity index (χ4v) is 5.36. The third kappa shape index (κ3) is 26.6. The molecule has 0 amide bonds. The van der Waals surface area contributed by atoms with Crippen LogP contribution in [0.5, 0.6) is 0 Å². The number of rotatable bonds is 15. The van der Waals surface area contributed by atoms with E-state index in [9.17, 15) is 25.3 Å². The third-order valence-electron chi connectivity index (χ3n) is 5.48. The fourth-order valence-electron chi connectivity index (χ4n) is 2.93. The van der Waals surface area contributed by atoms with Crippen LogP contribution in [0.25, 0.3) is 0 Å². The van der Waals surface area contributed by atoms with Crippen LogP contribution >= 0.6 is 21.4 Å². The molecule has 3 aromatic carbocycles. The van der Waals surface area contributed by atoms with E-state index in [0.717, 1.165) is 16.7 Å². The van der Waals surface area contributed by atoms with E-state index in [2.05, 4.69) is 4.74 Å². The quantitative estimate of drug-likeness (QED) is 0.101. The van der Waals surface area contributed by atoms with Crippen molar-refractivity contribution < 1.29 is 88.5 Å². The molecule has 280 valence electrons. The number of halogens is 2. The van der Waals surface area contributed by atoms with Gasteiger partial charge in [0.25, 0.3) is 28.2 Å². The Hall–Kier alpha value is -1.19. The molecule has 0 unspecified atom stereocenters. The van der Waals surface area contributed by atoms with Crippen molar-refractivity contribution in [2.45, 2.75) is 35.5 Å². The minimum Gasteiger partial charge on any atom is -0.870 e. The van der Waals surface area contributed by atoms with E-state index < -0.39 is 28.2 Å². The molecular weight excluding hydrogens is 770 g/mol. The van der Waals surface area contributed by atoms with E-state index in [4.69, 9.17) is 44.9 Å². The Labute approximate surface area is 327 Å². The van der Waals surface area contributed by atoms with Crippen molar-refractivity contribution in [2.24, 2.45) is 0 Å². The molecule has 0 aliphatic heterocycles. The fraction of sp³-hybridized carbons (Fsp3) is 0.419. The monoisotopic (exact) mass is 814 g/mol. The summed E-state index contributed by atoms with van der Waals surface area (Å²) >= 11 is 0. The predicted octanol–water partition coefficient (Wildman–Crippen LogP) is 1.68. The number of aliphatic hydroxyl groups is 1. The predicted molar refractivity (Wildman–Crippen MR) is 187 cm³/mol. The second-order valence-corrected chi connectivity index (χ2v) is 16.3. The van der Waals surface area contributed by atoms with E-state index in [0.29, 0.717) is 33.0 Å². The first-order chi connectivity index (χ1) is 22.5. The number of methoxy groups -OCH3 is 2. The van der Waals surface area contributed by atoms with Crippen molar-refractivity contribution in [3.05, 3.63) is 89.5 Å². The first-order valence-electron chi connectivity index (χ1n) is 14.2. The Morgan fingerprint density at radius 2 is 0.820 bits per heavy atom. The number of aryl methyl sites for hydroxylation is 3. The zero-order valence-electron chi connectivity index (χ0n) is 29.0. The van der Waals surface area contributed by atoms with Gasteiger partial charge in [-0.05, 0) is 57.2 Å². The maximum Gasteiger partial charge on any atom is 1.00 e. The standard InChI is InChI=1S/C12H18O5S.2C7H7ClO2S.C5H12O3.Na.H2O/c1-11-3-5-12(6-4-11)18(13,14)17-10-9-16-8-7-15-2;2*1-6-2-4-7(5-3-6)11(8,9)10;1-7-4-5-8-3-2-6;;/h3-6H,7-10H2,1-2H3;2*2-5H,1H3;6H,2-5H2,1H3;;1H2/q;;;;+1;/p-1. The average Bonchev–Trinajstić information content (AvgIpc) is 3.02. The van der Waals surface area contributed by atoms with Crippen LogP contribution in [0, 0.1) is 20.8 Å². The average molecular weight is 816 g/mol. The second kappa shape index (κ2) is 29.3. The normalized spacial score (nSPS) is 10.8. The number of hydrogen-bond acceptors (Lipinski definition) is 13. The van der Waals surface area contributed by atoms with E-state index in [1.54, 1.807) is 50.6 Å². The van der Waals surface area contributed by atoms with E-state index in [1.165, 1.54) is 36.4 Å². The Morgan fingerprint density at radius 3 is 1.12 bits per heavy atom. The van der Waals surface area contributed by atoms with Crippen LogP contribution in [0.3, 0.4) is 0 Å². The van der Waals surface area contributed by atoms with Gasteiger partial charge in [0.15, 0.2) is 0 Å².